The molecule has 6 heteroatoms. The van der Waals surface area contributed by atoms with Crippen LogP contribution < -0.4 is 0 Å². The van der Waals surface area contributed by atoms with Crippen molar-refractivity contribution in [2.75, 3.05) is 25.4 Å². The Hall–Kier alpha value is -1.43. The molecular weight excluding hydrogens is 312 g/mol. The number of piperidine rings is 1. The third kappa shape index (κ3) is 3.27. The van der Waals surface area contributed by atoms with Gasteiger partial charge in [-0.05, 0) is 30.9 Å². The van der Waals surface area contributed by atoms with Crippen LogP contribution in [0.25, 0.3) is 0 Å². The lowest BCUT2D eigenvalue weighted by atomic mass is 10.00. The van der Waals surface area contributed by atoms with Crippen LogP contribution in [0.1, 0.15) is 43.7 Å². The monoisotopic (exact) mass is 336 g/mol. The summed E-state index contributed by atoms with van der Waals surface area (Å²) < 4.78 is 5.21. The molecule has 1 aromatic rings. The molecule has 126 valence electrons. The first-order valence-corrected chi connectivity index (χ1v) is 9.27. The second-order valence-corrected chi connectivity index (χ2v) is 8.16. The Morgan fingerprint density at radius 1 is 1.30 bits per heavy atom. The van der Waals surface area contributed by atoms with Crippen LogP contribution in [0, 0.1) is 5.92 Å². The molecule has 2 aliphatic heterocycles. The van der Waals surface area contributed by atoms with Crippen molar-refractivity contribution in [2.45, 2.75) is 38.0 Å². The van der Waals surface area contributed by atoms with E-state index in [4.69, 9.17) is 4.42 Å². The first-order valence-electron chi connectivity index (χ1n) is 8.29. The molecule has 0 aliphatic carbocycles. The minimum atomic E-state index is -0.105. The number of thioether (sulfide) groups is 1. The van der Waals surface area contributed by atoms with Gasteiger partial charge in [-0.2, -0.15) is 0 Å². The molecule has 23 heavy (non-hydrogen) atoms. The van der Waals surface area contributed by atoms with Crippen LogP contribution in [0.2, 0.25) is 0 Å². The molecule has 0 N–H and O–H groups in total. The van der Waals surface area contributed by atoms with Crippen LogP contribution in [-0.2, 0) is 4.79 Å². The quantitative estimate of drug-likeness (QED) is 0.852. The Balaban J connectivity index is 1.64. The second kappa shape index (κ2) is 6.59. The number of likely N-dealkylation sites (tertiary alicyclic amines) is 1. The average molecular weight is 336 g/mol. The lowest BCUT2D eigenvalue weighted by molar-refractivity contribution is -0.135. The molecule has 3 rings (SSSR count). The zero-order valence-electron chi connectivity index (χ0n) is 13.8. The Kier molecular flexibility index (Phi) is 4.71. The average Bonchev–Trinajstić information content (AvgIpc) is 3.16. The number of amides is 2. The summed E-state index contributed by atoms with van der Waals surface area (Å²) in [4.78, 5) is 28.7. The SMILES string of the molecule is CC(C)CC(=O)N1CCSC12CCN(C(=O)c1ccco1)CC2. The van der Waals surface area contributed by atoms with Crippen LogP contribution in [-0.4, -0.2) is 51.9 Å². The van der Waals surface area contributed by atoms with Crippen LogP contribution >= 0.6 is 11.8 Å². The molecule has 0 unspecified atom stereocenters. The summed E-state index contributed by atoms with van der Waals surface area (Å²) in [5.41, 5.74) is 0. The molecule has 3 heterocycles. The molecule has 0 bridgehead atoms. The fourth-order valence-corrected chi connectivity index (χ4v) is 4.92. The van der Waals surface area contributed by atoms with Crippen LogP contribution in [0.15, 0.2) is 22.8 Å². The predicted molar refractivity (Wildman–Crippen MR) is 90.2 cm³/mol. The second-order valence-electron chi connectivity index (χ2n) is 6.71. The molecule has 2 fully saturated rings. The van der Waals surface area contributed by atoms with Gasteiger partial charge in [0.2, 0.25) is 5.91 Å². The molecule has 2 saturated heterocycles. The topological polar surface area (TPSA) is 53.8 Å². The molecule has 0 saturated carbocycles. The van der Waals surface area contributed by atoms with Gasteiger partial charge >= 0.3 is 0 Å². The molecule has 5 nitrogen and oxygen atoms in total. The number of nitrogens with zero attached hydrogens (tertiary/aromatic N) is 2. The standard InChI is InChI=1S/C17H24N2O3S/c1-13(2)12-15(20)19-9-11-23-17(19)5-7-18(8-6-17)16(21)14-4-3-10-22-14/h3-4,10,13H,5-9,11-12H2,1-2H3. The van der Waals surface area contributed by atoms with E-state index in [1.807, 2.05) is 16.7 Å². The lowest BCUT2D eigenvalue weighted by Gasteiger charge is -2.44. The maximum absolute atomic E-state index is 12.5. The maximum Gasteiger partial charge on any atom is 0.289 e. The highest BCUT2D eigenvalue weighted by Crippen LogP contribution is 2.44. The Bertz CT molecular complexity index is 562. The lowest BCUT2D eigenvalue weighted by Crippen LogP contribution is -2.53. The van der Waals surface area contributed by atoms with Gasteiger partial charge in [0.05, 0.1) is 11.1 Å². The number of rotatable bonds is 3. The fraction of sp³-hybridized carbons (Fsp3) is 0.647. The van der Waals surface area contributed by atoms with Crippen molar-refractivity contribution in [2.24, 2.45) is 5.92 Å². The molecule has 2 aliphatic rings. The van der Waals surface area contributed by atoms with Crippen LogP contribution in [0.3, 0.4) is 0 Å². The number of carbonyl (C=O) groups is 2. The van der Waals surface area contributed by atoms with Gasteiger partial charge in [-0.3, -0.25) is 9.59 Å². The highest BCUT2D eigenvalue weighted by molar-refractivity contribution is 8.00. The van der Waals surface area contributed by atoms with Gasteiger partial charge in [-0.25, -0.2) is 0 Å². The smallest absolute Gasteiger partial charge is 0.289 e. The van der Waals surface area contributed by atoms with Crippen LogP contribution in [0.5, 0.6) is 0 Å². The number of hydrogen-bond donors (Lipinski definition) is 0. The number of furan rings is 1. The molecular formula is C17H24N2O3S. The summed E-state index contributed by atoms with van der Waals surface area (Å²) in [6.07, 6.45) is 3.82. The predicted octanol–water partition coefficient (Wildman–Crippen LogP) is 2.83. The summed E-state index contributed by atoms with van der Waals surface area (Å²) in [6.45, 7) is 6.36. The van der Waals surface area contributed by atoms with Gasteiger partial charge in [0, 0.05) is 31.8 Å². The number of hydrogen-bond acceptors (Lipinski definition) is 4. The van der Waals surface area contributed by atoms with Gasteiger partial charge in [0.15, 0.2) is 5.76 Å². The van der Waals surface area contributed by atoms with E-state index in [0.717, 1.165) is 25.1 Å². The van der Waals surface area contributed by atoms with Crippen molar-refractivity contribution in [3.63, 3.8) is 0 Å². The van der Waals surface area contributed by atoms with E-state index in [0.29, 0.717) is 31.2 Å². The summed E-state index contributed by atoms with van der Waals surface area (Å²) in [5, 5.41) is 0. The molecule has 2 amide bonds. The highest BCUT2D eigenvalue weighted by Gasteiger charge is 2.46. The molecule has 0 aromatic carbocycles. The van der Waals surface area contributed by atoms with E-state index in [2.05, 4.69) is 18.7 Å². The summed E-state index contributed by atoms with van der Waals surface area (Å²) in [6, 6.07) is 3.44. The van der Waals surface area contributed by atoms with Gasteiger partial charge in [-0.1, -0.05) is 13.8 Å². The molecule has 0 atom stereocenters. The van der Waals surface area contributed by atoms with Crippen molar-refractivity contribution >= 4 is 23.6 Å². The van der Waals surface area contributed by atoms with Gasteiger partial charge in [0.1, 0.15) is 0 Å². The van der Waals surface area contributed by atoms with E-state index < -0.39 is 0 Å². The van der Waals surface area contributed by atoms with Crippen LogP contribution in [0.4, 0.5) is 0 Å². The minimum absolute atomic E-state index is 0.0482. The zero-order valence-corrected chi connectivity index (χ0v) is 14.6. The molecule has 1 spiro atoms. The molecule has 0 radical (unpaired) electrons. The van der Waals surface area contributed by atoms with Crippen molar-refractivity contribution in [3.05, 3.63) is 24.2 Å². The summed E-state index contributed by atoms with van der Waals surface area (Å²) in [5.74, 6) is 1.98. The van der Waals surface area contributed by atoms with Crippen molar-refractivity contribution < 1.29 is 14.0 Å². The van der Waals surface area contributed by atoms with Crippen molar-refractivity contribution in [3.8, 4) is 0 Å². The first-order chi connectivity index (χ1) is 11.0. The summed E-state index contributed by atoms with van der Waals surface area (Å²) in [7, 11) is 0. The first kappa shape index (κ1) is 16.4. The number of carbonyl (C=O) groups excluding carboxylic acids is 2. The Labute approximate surface area is 141 Å². The van der Waals surface area contributed by atoms with E-state index in [1.54, 1.807) is 12.1 Å². The molecule has 1 aromatic heterocycles. The maximum atomic E-state index is 12.5. The van der Waals surface area contributed by atoms with Gasteiger partial charge in [-0.15, -0.1) is 11.8 Å². The van der Waals surface area contributed by atoms with Gasteiger partial charge < -0.3 is 14.2 Å². The minimum Gasteiger partial charge on any atom is -0.459 e. The highest BCUT2D eigenvalue weighted by atomic mass is 32.2. The van der Waals surface area contributed by atoms with Crippen molar-refractivity contribution in [1.82, 2.24) is 9.80 Å². The zero-order chi connectivity index (χ0) is 16.4. The largest absolute Gasteiger partial charge is 0.459 e. The fourth-order valence-electron chi connectivity index (χ4n) is 3.45. The summed E-state index contributed by atoms with van der Waals surface area (Å²) >= 11 is 1.88. The van der Waals surface area contributed by atoms with E-state index >= 15 is 0 Å². The third-order valence-corrected chi connectivity index (χ3v) is 6.18. The Morgan fingerprint density at radius 3 is 2.65 bits per heavy atom. The third-order valence-electron chi connectivity index (χ3n) is 4.63. The Morgan fingerprint density at radius 2 is 2.04 bits per heavy atom. The normalized spacial score (nSPS) is 20.5. The van der Waals surface area contributed by atoms with Gasteiger partial charge in [0.25, 0.3) is 5.91 Å². The van der Waals surface area contributed by atoms with E-state index in [1.165, 1.54) is 6.26 Å². The van der Waals surface area contributed by atoms with E-state index in [-0.39, 0.29) is 16.7 Å². The van der Waals surface area contributed by atoms with Crippen molar-refractivity contribution in [1.29, 1.82) is 0 Å². The van der Waals surface area contributed by atoms with E-state index in [9.17, 15) is 9.59 Å².